The van der Waals surface area contributed by atoms with E-state index in [9.17, 15) is 8.78 Å². The van der Waals surface area contributed by atoms with Gasteiger partial charge in [0.1, 0.15) is 11.6 Å². The Hall–Kier alpha value is -2.14. The molecule has 0 radical (unpaired) electrons. The van der Waals surface area contributed by atoms with Gasteiger partial charge in [-0.15, -0.1) is 0 Å². The Balaban J connectivity index is 2.13. The number of thioether (sulfide) groups is 1. The molecule has 2 nitrogen and oxygen atoms in total. The molecule has 0 aliphatic heterocycles. The van der Waals surface area contributed by atoms with Gasteiger partial charge in [-0.1, -0.05) is 11.8 Å². The van der Waals surface area contributed by atoms with E-state index < -0.39 is 0 Å². The van der Waals surface area contributed by atoms with Gasteiger partial charge < -0.3 is 4.98 Å². The predicted octanol–water partition coefficient (Wildman–Crippen LogP) is 4.74. The highest BCUT2D eigenvalue weighted by atomic mass is 32.2. The molecule has 0 saturated carbocycles. The SMILES string of the molecule is CSc1nc(-c2ccc(F)cc2)c(-c2ccc(F)cc2)[nH]1. The second-order valence-electron chi connectivity index (χ2n) is 4.48. The molecule has 3 aromatic rings. The van der Waals surface area contributed by atoms with E-state index in [-0.39, 0.29) is 11.6 Å². The molecule has 106 valence electrons. The van der Waals surface area contributed by atoms with Crippen molar-refractivity contribution in [3.05, 3.63) is 60.2 Å². The fourth-order valence-corrected chi connectivity index (χ4v) is 2.48. The van der Waals surface area contributed by atoms with Gasteiger partial charge in [0.2, 0.25) is 0 Å². The number of aromatic amines is 1. The molecule has 1 N–H and O–H groups in total. The van der Waals surface area contributed by atoms with Crippen molar-refractivity contribution >= 4 is 11.8 Å². The number of imidazole rings is 1. The van der Waals surface area contributed by atoms with Crippen LogP contribution in [0, 0.1) is 11.6 Å². The zero-order chi connectivity index (χ0) is 14.8. The van der Waals surface area contributed by atoms with Crippen LogP contribution in [0.2, 0.25) is 0 Å². The molecule has 0 aliphatic carbocycles. The first kappa shape index (κ1) is 13.8. The number of hydrogen-bond donors (Lipinski definition) is 1. The minimum absolute atomic E-state index is 0.285. The predicted molar refractivity (Wildman–Crippen MR) is 81.2 cm³/mol. The second-order valence-corrected chi connectivity index (χ2v) is 5.28. The molecular weight excluding hydrogens is 290 g/mol. The Morgan fingerprint density at radius 3 is 1.90 bits per heavy atom. The quantitative estimate of drug-likeness (QED) is 0.708. The van der Waals surface area contributed by atoms with E-state index in [1.54, 1.807) is 24.3 Å². The summed E-state index contributed by atoms with van der Waals surface area (Å²) in [6, 6.07) is 12.4. The van der Waals surface area contributed by atoms with Gasteiger partial charge in [-0.3, -0.25) is 0 Å². The summed E-state index contributed by atoms with van der Waals surface area (Å²) in [6.07, 6.45) is 1.92. The Bertz CT molecular complexity index is 686. The van der Waals surface area contributed by atoms with Crippen LogP contribution < -0.4 is 0 Å². The highest BCUT2D eigenvalue weighted by molar-refractivity contribution is 7.98. The van der Waals surface area contributed by atoms with Crippen LogP contribution >= 0.6 is 11.8 Å². The molecular formula is C16H12F2N2S. The fraction of sp³-hybridized carbons (Fsp3) is 0.0625. The minimum Gasteiger partial charge on any atom is -0.332 e. The van der Waals surface area contributed by atoms with Crippen molar-refractivity contribution in [2.75, 3.05) is 6.26 Å². The van der Waals surface area contributed by atoms with Crippen LogP contribution in [0.4, 0.5) is 8.78 Å². The van der Waals surface area contributed by atoms with Crippen LogP contribution in [0.25, 0.3) is 22.5 Å². The summed E-state index contributed by atoms with van der Waals surface area (Å²) in [5, 5.41) is 0.758. The third-order valence-electron chi connectivity index (χ3n) is 3.13. The third kappa shape index (κ3) is 2.83. The lowest BCUT2D eigenvalue weighted by Gasteiger charge is -2.03. The summed E-state index contributed by atoms with van der Waals surface area (Å²) in [5.74, 6) is -0.575. The molecule has 0 amide bonds. The van der Waals surface area contributed by atoms with Crippen molar-refractivity contribution in [2.24, 2.45) is 0 Å². The topological polar surface area (TPSA) is 28.7 Å². The Labute approximate surface area is 125 Å². The van der Waals surface area contributed by atoms with Crippen LogP contribution in [0.15, 0.2) is 53.7 Å². The number of halogens is 2. The maximum Gasteiger partial charge on any atom is 0.166 e. The second kappa shape index (κ2) is 5.69. The van der Waals surface area contributed by atoms with E-state index in [2.05, 4.69) is 9.97 Å². The summed E-state index contributed by atoms with van der Waals surface area (Å²) in [5.41, 5.74) is 3.17. The average molecular weight is 302 g/mol. The smallest absolute Gasteiger partial charge is 0.166 e. The molecule has 0 bridgehead atoms. The number of nitrogens with one attached hydrogen (secondary N) is 1. The summed E-state index contributed by atoms with van der Waals surface area (Å²) >= 11 is 1.48. The van der Waals surface area contributed by atoms with Gasteiger partial charge in [-0.05, 0) is 54.8 Å². The number of nitrogens with zero attached hydrogens (tertiary/aromatic N) is 1. The number of benzene rings is 2. The molecule has 0 atom stereocenters. The van der Waals surface area contributed by atoms with Gasteiger partial charge in [0.25, 0.3) is 0 Å². The Morgan fingerprint density at radius 2 is 1.38 bits per heavy atom. The Morgan fingerprint density at radius 1 is 0.857 bits per heavy atom. The number of hydrogen-bond acceptors (Lipinski definition) is 2. The molecule has 0 saturated heterocycles. The van der Waals surface area contributed by atoms with Gasteiger partial charge in [0.05, 0.1) is 11.4 Å². The summed E-state index contributed by atoms with van der Waals surface area (Å²) < 4.78 is 26.1. The molecule has 0 fully saturated rings. The monoisotopic (exact) mass is 302 g/mol. The van der Waals surface area contributed by atoms with Gasteiger partial charge >= 0.3 is 0 Å². The standard InChI is InChI=1S/C16H12F2N2S/c1-21-16-19-14(10-2-6-12(17)7-3-10)15(20-16)11-4-8-13(18)9-5-11/h2-9H,1H3,(H,19,20). The molecule has 0 spiro atoms. The highest BCUT2D eigenvalue weighted by Crippen LogP contribution is 2.32. The lowest BCUT2D eigenvalue weighted by molar-refractivity contribution is 0.627. The molecule has 3 rings (SSSR count). The highest BCUT2D eigenvalue weighted by Gasteiger charge is 2.14. The van der Waals surface area contributed by atoms with Crippen LogP contribution in [0.5, 0.6) is 0 Å². The van der Waals surface area contributed by atoms with E-state index in [0.717, 1.165) is 27.7 Å². The van der Waals surface area contributed by atoms with Crippen molar-refractivity contribution in [3.8, 4) is 22.5 Å². The first-order chi connectivity index (χ1) is 10.2. The molecule has 0 aliphatic rings. The average Bonchev–Trinajstić information content (AvgIpc) is 2.93. The van der Waals surface area contributed by atoms with Crippen molar-refractivity contribution in [2.45, 2.75) is 5.16 Å². The van der Waals surface area contributed by atoms with E-state index >= 15 is 0 Å². The maximum absolute atomic E-state index is 13.1. The number of H-pyrrole nitrogens is 1. The molecule has 0 unspecified atom stereocenters. The minimum atomic E-state index is -0.289. The molecule has 1 aromatic heterocycles. The van der Waals surface area contributed by atoms with Crippen LogP contribution in [-0.4, -0.2) is 16.2 Å². The van der Waals surface area contributed by atoms with Crippen molar-refractivity contribution in [1.29, 1.82) is 0 Å². The van der Waals surface area contributed by atoms with Crippen molar-refractivity contribution < 1.29 is 8.78 Å². The normalized spacial score (nSPS) is 10.8. The van der Waals surface area contributed by atoms with Gasteiger partial charge in [-0.25, -0.2) is 13.8 Å². The van der Waals surface area contributed by atoms with E-state index in [0.29, 0.717) is 0 Å². The lowest BCUT2D eigenvalue weighted by atomic mass is 10.1. The summed E-state index contributed by atoms with van der Waals surface area (Å²) in [4.78, 5) is 7.73. The molecule has 21 heavy (non-hydrogen) atoms. The fourth-order valence-electron chi connectivity index (χ4n) is 2.09. The summed E-state index contributed by atoms with van der Waals surface area (Å²) in [7, 11) is 0. The molecule has 2 aromatic carbocycles. The van der Waals surface area contributed by atoms with Crippen LogP contribution in [0.3, 0.4) is 0 Å². The van der Waals surface area contributed by atoms with Gasteiger partial charge in [-0.2, -0.15) is 0 Å². The molecule has 1 heterocycles. The molecule has 5 heteroatoms. The van der Waals surface area contributed by atoms with E-state index in [1.807, 2.05) is 6.26 Å². The maximum atomic E-state index is 13.1. The lowest BCUT2D eigenvalue weighted by Crippen LogP contribution is -1.85. The zero-order valence-electron chi connectivity index (χ0n) is 11.2. The van der Waals surface area contributed by atoms with Crippen molar-refractivity contribution in [1.82, 2.24) is 9.97 Å². The Kier molecular flexibility index (Phi) is 3.75. The zero-order valence-corrected chi connectivity index (χ0v) is 12.0. The third-order valence-corrected chi connectivity index (χ3v) is 3.71. The number of rotatable bonds is 3. The van der Waals surface area contributed by atoms with Crippen molar-refractivity contribution in [3.63, 3.8) is 0 Å². The van der Waals surface area contributed by atoms with Crippen LogP contribution in [-0.2, 0) is 0 Å². The van der Waals surface area contributed by atoms with E-state index in [1.165, 1.54) is 36.0 Å². The van der Waals surface area contributed by atoms with Crippen LogP contribution in [0.1, 0.15) is 0 Å². The van der Waals surface area contributed by atoms with E-state index in [4.69, 9.17) is 0 Å². The summed E-state index contributed by atoms with van der Waals surface area (Å²) in [6.45, 7) is 0. The number of aromatic nitrogens is 2. The van der Waals surface area contributed by atoms with Gasteiger partial charge in [0, 0.05) is 11.1 Å². The first-order valence-corrected chi connectivity index (χ1v) is 7.56. The largest absolute Gasteiger partial charge is 0.332 e. The first-order valence-electron chi connectivity index (χ1n) is 6.33. The van der Waals surface area contributed by atoms with Gasteiger partial charge in [0.15, 0.2) is 5.16 Å².